The van der Waals surface area contributed by atoms with Crippen LogP contribution < -0.4 is 15.8 Å². The smallest absolute Gasteiger partial charge is 0.248 e. The molecule has 3 N–H and O–H groups in total. The Hall–Kier alpha value is -3.15. The summed E-state index contributed by atoms with van der Waals surface area (Å²) in [6.07, 6.45) is 4.69. The molecular formula is C17H17N5O. The molecule has 1 unspecified atom stereocenters. The van der Waals surface area contributed by atoms with Crippen LogP contribution in [-0.2, 0) is 0 Å². The first-order valence-corrected chi connectivity index (χ1v) is 7.24. The monoisotopic (exact) mass is 307 g/mol. The minimum absolute atomic E-state index is 0.0552. The van der Waals surface area contributed by atoms with Crippen molar-refractivity contribution in [1.82, 2.24) is 15.0 Å². The molecule has 0 aliphatic heterocycles. The molecule has 3 aromatic rings. The lowest BCUT2D eigenvalue weighted by molar-refractivity contribution is 0.462. The molecule has 2 heterocycles. The number of hydrogen-bond donors (Lipinski definition) is 2. The van der Waals surface area contributed by atoms with Gasteiger partial charge >= 0.3 is 0 Å². The average Bonchev–Trinajstić information content (AvgIpc) is 2.60. The number of anilines is 2. The van der Waals surface area contributed by atoms with E-state index in [-0.39, 0.29) is 6.04 Å². The summed E-state index contributed by atoms with van der Waals surface area (Å²) >= 11 is 0. The van der Waals surface area contributed by atoms with E-state index < -0.39 is 0 Å². The normalized spacial score (nSPS) is 11.7. The maximum Gasteiger partial charge on any atom is 0.248 e. The number of benzene rings is 1. The summed E-state index contributed by atoms with van der Waals surface area (Å²) in [5, 5.41) is 3.28. The predicted octanol–water partition coefficient (Wildman–Crippen LogP) is 3.42. The van der Waals surface area contributed by atoms with Gasteiger partial charge in [0.2, 0.25) is 5.88 Å². The molecule has 0 aliphatic carbocycles. The fourth-order valence-electron chi connectivity index (χ4n) is 2.12. The van der Waals surface area contributed by atoms with Gasteiger partial charge in [-0.05, 0) is 24.6 Å². The Morgan fingerprint density at radius 3 is 2.65 bits per heavy atom. The van der Waals surface area contributed by atoms with E-state index in [0.29, 0.717) is 23.1 Å². The number of aromatic nitrogens is 3. The van der Waals surface area contributed by atoms with Crippen LogP contribution in [0.3, 0.4) is 0 Å². The van der Waals surface area contributed by atoms with Crippen molar-refractivity contribution in [2.75, 3.05) is 11.1 Å². The standard InChI is InChI=1S/C17H17N5O/c1-12(13-6-3-2-4-7-13)22-16-15(18)17(21-11-20-16)23-14-8-5-9-19-10-14/h2-12H,18H2,1H3,(H,20,21,22). The summed E-state index contributed by atoms with van der Waals surface area (Å²) in [4.78, 5) is 12.3. The maximum atomic E-state index is 6.12. The van der Waals surface area contributed by atoms with Crippen molar-refractivity contribution in [3.05, 3.63) is 66.7 Å². The quantitative estimate of drug-likeness (QED) is 0.751. The minimum Gasteiger partial charge on any atom is -0.435 e. The lowest BCUT2D eigenvalue weighted by atomic mass is 10.1. The van der Waals surface area contributed by atoms with Gasteiger partial charge in [0.05, 0.1) is 12.2 Å². The Morgan fingerprint density at radius 2 is 1.91 bits per heavy atom. The van der Waals surface area contributed by atoms with Crippen molar-refractivity contribution in [3.63, 3.8) is 0 Å². The van der Waals surface area contributed by atoms with E-state index in [1.165, 1.54) is 6.33 Å². The SMILES string of the molecule is CC(Nc1ncnc(Oc2cccnc2)c1N)c1ccccc1. The van der Waals surface area contributed by atoms with Crippen LogP contribution in [0, 0.1) is 0 Å². The van der Waals surface area contributed by atoms with Crippen LogP contribution in [0.5, 0.6) is 11.6 Å². The zero-order valence-corrected chi connectivity index (χ0v) is 12.7. The van der Waals surface area contributed by atoms with E-state index in [1.54, 1.807) is 24.5 Å². The number of pyridine rings is 1. The van der Waals surface area contributed by atoms with Crippen molar-refractivity contribution in [3.8, 4) is 11.6 Å². The maximum absolute atomic E-state index is 6.12. The number of nitrogens with zero attached hydrogens (tertiary/aromatic N) is 3. The van der Waals surface area contributed by atoms with Gasteiger partial charge in [-0.25, -0.2) is 4.98 Å². The Labute approximate surface area is 134 Å². The molecule has 0 saturated carbocycles. The van der Waals surface area contributed by atoms with Crippen LogP contribution in [-0.4, -0.2) is 15.0 Å². The van der Waals surface area contributed by atoms with Gasteiger partial charge in [-0.3, -0.25) is 4.98 Å². The third-order valence-corrected chi connectivity index (χ3v) is 3.35. The van der Waals surface area contributed by atoms with E-state index in [0.717, 1.165) is 5.56 Å². The van der Waals surface area contributed by atoms with Gasteiger partial charge in [-0.1, -0.05) is 30.3 Å². The van der Waals surface area contributed by atoms with Crippen LogP contribution in [0.1, 0.15) is 18.5 Å². The molecule has 0 radical (unpaired) electrons. The number of hydrogen-bond acceptors (Lipinski definition) is 6. The van der Waals surface area contributed by atoms with Gasteiger partial charge in [0, 0.05) is 6.20 Å². The zero-order valence-electron chi connectivity index (χ0n) is 12.7. The fraction of sp³-hybridized carbons (Fsp3) is 0.118. The molecule has 0 fully saturated rings. The largest absolute Gasteiger partial charge is 0.435 e. The molecule has 2 aromatic heterocycles. The van der Waals surface area contributed by atoms with Crippen molar-refractivity contribution >= 4 is 11.5 Å². The van der Waals surface area contributed by atoms with Gasteiger partial charge in [0.25, 0.3) is 0 Å². The Bertz CT molecular complexity index is 764. The van der Waals surface area contributed by atoms with E-state index in [2.05, 4.69) is 20.3 Å². The van der Waals surface area contributed by atoms with Crippen molar-refractivity contribution < 1.29 is 4.74 Å². The topological polar surface area (TPSA) is 86.0 Å². The number of nitrogens with one attached hydrogen (secondary N) is 1. The van der Waals surface area contributed by atoms with Gasteiger partial charge in [-0.15, -0.1) is 0 Å². The third-order valence-electron chi connectivity index (χ3n) is 3.35. The number of nitrogens with two attached hydrogens (primary N) is 1. The first kappa shape index (κ1) is 14.8. The summed E-state index contributed by atoms with van der Waals surface area (Å²) in [7, 11) is 0. The van der Waals surface area contributed by atoms with Crippen LogP contribution in [0.4, 0.5) is 11.5 Å². The summed E-state index contributed by atoms with van der Waals surface area (Å²) < 4.78 is 5.66. The van der Waals surface area contributed by atoms with Crippen LogP contribution in [0.25, 0.3) is 0 Å². The molecule has 0 amide bonds. The van der Waals surface area contributed by atoms with Gasteiger partial charge in [0.15, 0.2) is 5.82 Å². The second-order valence-electron chi connectivity index (χ2n) is 5.01. The molecule has 6 nitrogen and oxygen atoms in total. The highest BCUT2D eigenvalue weighted by Crippen LogP contribution is 2.30. The molecule has 1 aromatic carbocycles. The van der Waals surface area contributed by atoms with Crippen molar-refractivity contribution in [1.29, 1.82) is 0 Å². The van der Waals surface area contributed by atoms with Crippen LogP contribution >= 0.6 is 0 Å². The second kappa shape index (κ2) is 6.74. The molecule has 6 heteroatoms. The molecule has 0 aliphatic rings. The van der Waals surface area contributed by atoms with E-state index >= 15 is 0 Å². The molecule has 0 saturated heterocycles. The Balaban J connectivity index is 1.80. The van der Waals surface area contributed by atoms with Gasteiger partial charge < -0.3 is 15.8 Å². The van der Waals surface area contributed by atoms with Crippen LogP contribution in [0.15, 0.2) is 61.2 Å². The first-order chi connectivity index (χ1) is 11.2. The lowest BCUT2D eigenvalue weighted by Gasteiger charge is -2.17. The van der Waals surface area contributed by atoms with E-state index in [4.69, 9.17) is 10.5 Å². The van der Waals surface area contributed by atoms with E-state index in [1.807, 2.05) is 37.3 Å². The zero-order chi connectivity index (χ0) is 16.1. The third kappa shape index (κ3) is 3.55. The number of rotatable bonds is 5. The van der Waals surface area contributed by atoms with Crippen molar-refractivity contribution in [2.24, 2.45) is 0 Å². The second-order valence-corrected chi connectivity index (χ2v) is 5.01. The Kier molecular flexibility index (Phi) is 4.33. The average molecular weight is 307 g/mol. The lowest BCUT2D eigenvalue weighted by Crippen LogP contribution is -2.11. The molecule has 23 heavy (non-hydrogen) atoms. The molecule has 0 spiro atoms. The highest BCUT2D eigenvalue weighted by molar-refractivity contribution is 5.67. The Morgan fingerprint density at radius 1 is 1.09 bits per heavy atom. The summed E-state index contributed by atoms with van der Waals surface area (Å²) in [5.41, 5.74) is 7.62. The molecular weight excluding hydrogens is 290 g/mol. The highest BCUT2D eigenvalue weighted by Gasteiger charge is 2.13. The molecule has 0 bridgehead atoms. The number of ether oxygens (including phenoxy) is 1. The van der Waals surface area contributed by atoms with Gasteiger partial charge in [-0.2, -0.15) is 4.98 Å². The van der Waals surface area contributed by atoms with Gasteiger partial charge in [0.1, 0.15) is 17.8 Å². The molecule has 3 rings (SSSR count). The predicted molar refractivity (Wildman–Crippen MR) is 89.2 cm³/mol. The van der Waals surface area contributed by atoms with Crippen molar-refractivity contribution in [2.45, 2.75) is 13.0 Å². The summed E-state index contributed by atoms with van der Waals surface area (Å²) in [5.74, 6) is 1.41. The highest BCUT2D eigenvalue weighted by atomic mass is 16.5. The summed E-state index contributed by atoms with van der Waals surface area (Å²) in [6.45, 7) is 2.04. The molecule has 1 atom stereocenters. The summed E-state index contributed by atoms with van der Waals surface area (Å²) in [6, 6.07) is 13.7. The van der Waals surface area contributed by atoms with Crippen LogP contribution in [0.2, 0.25) is 0 Å². The first-order valence-electron chi connectivity index (χ1n) is 7.24. The number of nitrogen functional groups attached to an aromatic ring is 1. The minimum atomic E-state index is 0.0552. The molecule has 116 valence electrons. The van der Waals surface area contributed by atoms with E-state index in [9.17, 15) is 0 Å². The fourth-order valence-corrected chi connectivity index (χ4v) is 2.12.